The Morgan fingerprint density at radius 2 is 2.11 bits per heavy atom. The summed E-state index contributed by atoms with van der Waals surface area (Å²) in [5, 5.41) is 2.63. The van der Waals surface area contributed by atoms with Gasteiger partial charge in [0.25, 0.3) is 0 Å². The lowest BCUT2D eigenvalue weighted by atomic mass is 10.3. The van der Waals surface area contributed by atoms with Gasteiger partial charge in [-0.1, -0.05) is 0 Å². The van der Waals surface area contributed by atoms with Gasteiger partial charge in [-0.05, 0) is 25.1 Å². The zero-order valence-electron chi connectivity index (χ0n) is 11.0. The number of hydrogen-bond acceptors (Lipinski definition) is 5. The lowest BCUT2D eigenvalue weighted by Crippen LogP contribution is -2.29. The van der Waals surface area contributed by atoms with Gasteiger partial charge in [0, 0.05) is 12.6 Å². The van der Waals surface area contributed by atoms with E-state index in [1.807, 2.05) is 0 Å². The van der Waals surface area contributed by atoms with E-state index in [-0.39, 0.29) is 0 Å². The first-order valence-corrected chi connectivity index (χ1v) is 7.56. The summed E-state index contributed by atoms with van der Waals surface area (Å²) in [7, 11) is -0.393. The van der Waals surface area contributed by atoms with Crippen molar-refractivity contribution in [1.29, 1.82) is 0 Å². The first kappa shape index (κ1) is 14.0. The van der Waals surface area contributed by atoms with Gasteiger partial charge in [0.15, 0.2) is 0 Å². The van der Waals surface area contributed by atoms with Crippen molar-refractivity contribution in [3.8, 4) is 11.5 Å². The van der Waals surface area contributed by atoms with Crippen LogP contribution in [0.3, 0.4) is 0 Å². The van der Waals surface area contributed by atoms with E-state index in [0.29, 0.717) is 30.2 Å². The predicted molar refractivity (Wildman–Crippen MR) is 73.4 cm³/mol. The van der Waals surface area contributed by atoms with E-state index in [1.165, 1.54) is 14.2 Å². The van der Waals surface area contributed by atoms with Crippen LogP contribution in [0.1, 0.15) is 6.42 Å². The van der Waals surface area contributed by atoms with Crippen LogP contribution < -0.4 is 19.5 Å². The molecule has 1 saturated heterocycles. The zero-order valence-corrected chi connectivity index (χ0v) is 11.8. The van der Waals surface area contributed by atoms with E-state index in [1.54, 1.807) is 18.2 Å². The number of benzene rings is 1. The topological polar surface area (TPSA) is 76.7 Å². The molecule has 106 valence electrons. The second-order valence-corrected chi connectivity index (χ2v) is 6.29. The molecule has 0 spiro atoms. The molecule has 6 nitrogen and oxygen atoms in total. The fourth-order valence-corrected chi connectivity index (χ4v) is 3.42. The second kappa shape index (κ2) is 5.66. The van der Waals surface area contributed by atoms with E-state index in [4.69, 9.17) is 9.47 Å². The highest BCUT2D eigenvalue weighted by Crippen LogP contribution is 2.30. The average molecular weight is 286 g/mol. The monoisotopic (exact) mass is 286 g/mol. The first-order valence-electron chi connectivity index (χ1n) is 6.01. The minimum Gasteiger partial charge on any atom is -0.497 e. The highest BCUT2D eigenvalue weighted by molar-refractivity contribution is 7.93. The number of rotatable bonds is 5. The van der Waals surface area contributed by atoms with Crippen molar-refractivity contribution in [3.05, 3.63) is 18.2 Å². The number of anilines is 1. The third kappa shape index (κ3) is 3.10. The van der Waals surface area contributed by atoms with Gasteiger partial charge in [-0.2, -0.15) is 0 Å². The highest BCUT2D eigenvalue weighted by atomic mass is 32.2. The summed E-state index contributed by atoms with van der Waals surface area (Å²) in [6.45, 7) is 1.20. The number of hydrogen-bond donors (Lipinski definition) is 2. The van der Waals surface area contributed by atoms with Crippen molar-refractivity contribution in [2.75, 3.05) is 32.0 Å². The maximum Gasteiger partial charge on any atom is 0.237 e. The normalized spacial score (nSPS) is 19.2. The molecule has 19 heavy (non-hydrogen) atoms. The molecule has 0 bridgehead atoms. The Morgan fingerprint density at radius 1 is 1.32 bits per heavy atom. The van der Waals surface area contributed by atoms with E-state index < -0.39 is 15.3 Å². The van der Waals surface area contributed by atoms with Gasteiger partial charge in [0.1, 0.15) is 11.5 Å². The molecule has 1 aromatic rings. The molecule has 0 aliphatic carbocycles. The molecule has 0 saturated carbocycles. The molecular weight excluding hydrogens is 268 g/mol. The molecule has 1 aliphatic rings. The summed E-state index contributed by atoms with van der Waals surface area (Å²) in [5.74, 6) is 1.04. The van der Waals surface area contributed by atoms with E-state index in [9.17, 15) is 8.42 Å². The summed E-state index contributed by atoms with van der Waals surface area (Å²) in [6.07, 6.45) is 0.613. The van der Waals surface area contributed by atoms with Crippen LogP contribution in [0.5, 0.6) is 11.5 Å². The van der Waals surface area contributed by atoms with Gasteiger partial charge in [-0.25, -0.2) is 8.42 Å². The van der Waals surface area contributed by atoms with E-state index >= 15 is 0 Å². The molecule has 1 aliphatic heterocycles. The van der Waals surface area contributed by atoms with Gasteiger partial charge in [0.2, 0.25) is 10.0 Å². The van der Waals surface area contributed by atoms with E-state index in [2.05, 4.69) is 10.0 Å². The summed E-state index contributed by atoms with van der Waals surface area (Å²) >= 11 is 0. The van der Waals surface area contributed by atoms with Gasteiger partial charge in [-0.3, -0.25) is 4.72 Å². The van der Waals surface area contributed by atoms with Crippen LogP contribution in [-0.4, -0.2) is 41.0 Å². The van der Waals surface area contributed by atoms with Crippen LogP contribution in [0.25, 0.3) is 0 Å². The van der Waals surface area contributed by atoms with Crippen LogP contribution >= 0.6 is 0 Å². The van der Waals surface area contributed by atoms with Gasteiger partial charge in [-0.15, -0.1) is 0 Å². The third-order valence-corrected chi connectivity index (χ3v) is 4.90. The third-order valence-electron chi connectivity index (χ3n) is 3.11. The summed E-state index contributed by atoms with van der Waals surface area (Å²) in [4.78, 5) is 0. The molecule has 7 heteroatoms. The number of sulfonamides is 1. The zero-order chi connectivity index (χ0) is 13.9. The maximum absolute atomic E-state index is 12.2. The Bertz CT molecular complexity index is 539. The van der Waals surface area contributed by atoms with Crippen LogP contribution in [0, 0.1) is 0 Å². The maximum atomic E-state index is 12.2. The second-order valence-electron chi connectivity index (χ2n) is 4.33. The Morgan fingerprint density at radius 3 is 2.68 bits per heavy atom. The van der Waals surface area contributed by atoms with Crippen molar-refractivity contribution in [1.82, 2.24) is 5.32 Å². The number of ether oxygens (including phenoxy) is 2. The molecule has 1 aromatic carbocycles. The van der Waals surface area contributed by atoms with Crippen molar-refractivity contribution < 1.29 is 17.9 Å². The Labute approximate surface area is 113 Å². The van der Waals surface area contributed by atoms with Gasteiger partial charge in [0.05, 0.1) is 25.2 Å². The predicted octanol–water partition coefficient (Wildman–Crippen LogP) is 0.807. The summed E-state index contributed by atoms with van der Waals surface area (Å²) in [6, 6.07) is 5.00. The van der Waals surface area contributed by atoms with Gasteiger partial charge < -0.3 is 14.8 Å². The Kier molecular flexibility index (Phi) is 4.16. The van der Waals surface area contributed by atoms with E-state index in [0.717, 1.165) is 6.54 Å². The molecule has 2 rings (SSSR count). The molecule has 0 amide bonds. The SMILES string of the molecule is COc1ccc(OC)c(NS(=O)(=O)C2CCNC2)c1. The molecule has 1 heterocycles. The number of methoxy groups -OCH3 is 2. The average Bonchev–Trinajstić information content (AvgIpc) is 2.93. The minimum absolute atomic E-state index is 0.397. The molecule has 0 aromatic heterocycles. The van der Waals surface area contributed by atoms with Crippen molar-refractivity contribution in [3.63, 3.8) is 0 Å². The quantitative estimate of drug-likeness (QED) is 0.837. The minimum atomic E-state index is -3.42. The first-order chi connectivity index (χ1) is 9.06. The van der Waals surface area contributed by atoms with Crippen LogP contribution in [-0.2, 0) is 10.0 Å². The van der Waals surface area contributed by atoms with Crippen molar-refractivity contribution in [2.45, 2.75) is 11.7 Å². The van der Waals surface area contributed by atoms with Crippen molar-refractivity contribution in [2.24, 2.45) is 0 Å². The standard InChI is InChI=1S/C12H18N2O4S/c1-17-9-3-4-12(18-2)11(7-9)14-19(15,16)10-5-6-13-8-10/h3-4,7,10,13-14H,5-6,8H2,1-2H3. The smallest absolute Gasteiger partial charge is 0.237 e. The number of nitrogens with one attached hydrogen (secondary N) is 2. The highest BCUT2D eigenvalue weighted by Gasteiger charge is 2.29. The fourth-order valence-electron chi connectivity index (χ4n) is 2.02. The lowest BCUT2D eigenvalue weighted by molar-refractivity contribution is 0.405. The summed E-state index contributed by atoms with van der Waals surface area (Å²) in [5.41, 5.74) is 0.397. The van der Waals surface area contributed by atoms with Crippen LogP contribution in [0.4, 0.5) is 5.69 Å². The molecule has 1 atom stereocenters. The Balaban J connectivity index is 2.26. The molecule has 0 radical (unpaired) electrons. The van der Waals surface area contributed by atoms with Crippen LogP contribution in [0.15, 0.2) is 18.2 Å². The Hall–Kier alpha value is -1.47. The largest absolute Gasteiger partial charge is 0.497 e. The molecule has 1 fully saturated rings. The molecule has 2 N–H and O–H groups in total. The van der Waals surface area contributed by atoms with Crippen molar-refractivity contribution >= 4 is 15.7 Å². The lowest BCUT2D eigenvalue weighted by Gasteiger charge is -2.16. The fraction of sp³-hybridized carbons (Fsp3) is 0.500. The van der Waals surface area contributed by atoms with Gasteiger partial charge >= 0.3 is 0 Å². The van der Waals surface area contributed by atoms with Crippen LogP contribution in [0.2, 0.25) is 0 Å². The summed E-state index contributed by atoms with van der Waals surface area (Å²) < 4.78 is 37.3. The molecular formula is C12H18N2O4S. The molecule has 1 unspecified atom stereocenters.